The number of nitrogens with zero attached hydrogens (tertiary/aromatic N) is 2. The van der Waals surface area contributed by atoms with E-state index in [-0.39, 0.29) is 24.9 Å². The van der Waals surface area contributed by atoms with Gasteiger partial charge in [0.25, 0.3) is 0 Å². The van der Waals surface area contributed by atoms with Crippen LogP contribution >= 0.6 is 15.9 Å². The molecule has 0 heterocycles. The number of carbonyl (C=O) groups is 2. The van der Waals surface area contributed by atoms with Crippen LogP contribution < -0.4 is 9.62 Å². The molecule has 7 nitrogen and oxygen atoms in total. The number of nitrogens with one attached hydrogen (secondary N) is 1. The van der Waals surface area contributed by atoms with Crippen LogP contribution in [0.15, 0.2) is 83.3 Å². The Hall–Kier alpha value is -3.17. The highest BCUT2D eigenvalue weighted by Crippen LogP contribution is 2.22. The molecular weight excluding hydrogens is 590 g/mol. The van der Waals surface area contributed by atoms with Gasteiger partial charge in [-0.25, -0.2) is 8.42 Å². The summed E-state index contributed by atoms with van der Waals surface area (Å²) >= 11 is 3.44. The molecule has 0 aliphatic heterocycles. The van der Waals surface area contributed by atoms with Crippen LogP contribution in [0.25, 0.3) is 0 Å². The Balaban J connectivity index is 2.04. The number of amides is 2. The first-order valence-corrected chi connectivity index (χ1v) is 16.1. The quantitative estimate of drug-likeness (QED) is 0.277. The fourth-order valence-electron chi connectivity index (χ4n) is 4.29. The normalized spacial score (nSPS) is 12.8. The fourth-order valence-corrected chi connectivity index (χ4v) is 5.41. The lowest BCUT2D eigenvalue weighted by atomic mass is 10.0. The van der Waals surface area contributed by atoms with Crippen LogP contribution in [0.5, 0.6) is 0 Å². The van der Waals surface area contributed by atoms with Gasteiger partial charge in [-0.15, -0.1) is 0 Å². The number of carbonyl (C=O) groups excluding carboxylic acids is 2. The average Bonchev–Trinajstić information content (AvgIpc) is 2.94. The predicted molar refractivity (Wildman–Crippen MR) is 165 cm³/mol. The standard InChI is InChI=1S/C31H38BrN3O4S/c1-5-23(3)33-31(37)29(20-25-10-8-7-9-11-25)34(21-26-12-16-27(32)17-13-26)30(36)22-35(40(4,38)39)28-18-14-24(6-2)15-19-28/h7-19,23,29H,5-6,20-22H2,1-4H3,(H,33,37)/t23-,29-/m0/s1. The fraction of sp³-hybridized carbons (Fsp3) is 0.355. The lowest BCUT2D eigenvalue weighted by Gasteiger charge is -2.34. The van der Waals surface area contributed by atoms with Gasteiger partial charge in [0, 0.05) is 23.5 Å². The lowest BCUT2D eigenvalue weighted by Crippen LogP contribution is -2.54. The Morgan fingerprint density at radius 1 is 0.875 bits per heavy atom. The molecule has 0 unspecified atom stereocenters. The van der Waals surface area contributed by atoms with Gasteiger partial charge in [0.1, 0.15) is 12.6 Å². The predicted octanol–water partition coefficient (Wildman–Crippen LogP) is 5.33. The van der Waals surface area contributed by atoms with E-state index in [2.05, 4.69) is 21.2 Å². The number of halogens is 1. The van der Waals surface area contributed by atoms with E-state index in [0.717, 1.165) is 44.6 Å². The molecule has 40 heavy (non-hydrogen) atoms. The summed E-state index contributed by atoms with van der Waals surface area (Å²) in [5.74, 6) is -0.741. The van der Waals surface area contributed by atoms with Crippen molar-refractivity contribution >= 4 is 43.5 Å². The minimum absolute atomic E-state index is 0.0833. The molecule has 0 fully saturated rings. The van der Waals surface area contributed by atoms with Crippen molar-refractivity contribution < 1.29 is 18.0 Å². The van der Waals surface area contributed by atoms with Crippen molar-refractivity contribution in [2.24, 2.45) is 0 Å². The number of sulfonamides is 1. The van der Waals surface area contributed by atoms with Crippen molar-refractivity contribution in [2.45, 2.75) is 58.7 Å². The second kappa shape index (κ2) is 14.5. The zero-order chi connectivity index (χ0) is 29.3. The Morgan fingerprint density at radius 2 is 1.48 bits per heavy atom. The molecule has 0 spiro atoms. The average molecular weight is 629 g/mol. The summed E-state index contributed by atoms with van der Waals surface area (Å²) in [5.41, 5.74) is 3.19. The van der Waals surface area contributed by atoms with Crippen LogP contribution in [0.4, 0.5) is 5.69 Å². The van der Waals surface area contributed by atoms with Gasteiger partial charge >= 0.3 is 0 Å². The van der Waals surface area contributed by atoms with Crippen LogP contribution in [0.3, 0.4) is 0 Å². The summed E-state index contributed by atoms with van der Waals surface area (Å²) in [7, 11) is -3.79. The summed E-state index contributed by atoms with van der Waals surface area (Å²) < 4.78 is 27.8. The van der Waals surface area contributed by atoms with Crippen molar-refractivity contribution in [1.82, 2.24) is 10.2 Å². The second-order valence-electron chi connectivity index (χ2n) is 9.96. The van der Waals surface area contributed by atoms with Gasteiger partial charge in [-0.3, -0.25) is 13.9 Å². The lowest BCUT2D eigenvalue weighted by molar-refractivity contribution is -0.140. The maximum atomic E-state index is 14.1. The van der Waals surface area contributed by atoms with Gasteiger partial charge in [-0.05, 0) is 60.7 Å². The topological polar surface area (TPSA) is 86.8 Å². The molecule has 0 aliphatic carbocycles. The maximum absolute atomic E-state index is 14.1. The highest BCUT2D eigenvalue weighted by molar-refractivity contribution is 9.10. The molecule has 0 aliphatic rings. The summed E-state index contributed by atoms with van der Waals surface area (Å²) in [6.45, 7) is 5.64. The van der Waals surface area contributed by atoms with Crippen molar-refractivity contribution in [3.05, 3.63) is 100 Å². The van der Waals surface area contributed by atoms with Gasteiger partial charge < -0.3 is 10.2 Å². The molecule has 2 atom stereocenters. The van der Waals surface area contributed by atoms with Gasteiger partial charge in [0.05, 0.1) is 11.9 Å². The van der Waals surface area contributed by atoms with E-state index in [4.69, 9.17) is 0 Å². The molecule has 1 N–H and O–H groups in total. The number of benzene rings is 3. The second-order valence-corrected chi connectivity index (χ2v) is 12.8. The van der Waals surface area contributed by atoms with E-state index in [1.807, 2.05) is 87.5 Å². The SMILES string of the molecule is CCc1ccc(N(CC(=O)N(Cc2ccc(Br)cc2)[C@@H](Cc2ccccc2)C(=O)N[C@@H](C)CC)S(C)(=O)=O)cc1. The van der Waals surface area contributed by atoms with E-state index in [1.54, 1.807) is 12.1 Å². The number of hydrogen-bond acceptors (Lipinski definition) is 4. The van der Waals surface area contributed by atoms with Gasteiger partial charge in [-0.1, -0.05) is 84.4 Å². The molecule has 0 aromatic heterocycles. The van der Waals surface area contributed by atoms with Gasteiger partial charge in [0.15, 0.2) is 0 Å². The molecule has 0 saturated heterocycles. The van der Waals surface area contributed by atoms with Crippen LogP contribution in [0.2, 0.25) is 0 Å². The first-order chi connectivity index (χ1) is 19.0. The summed E-state index contributed by atoms with van der Waals surface area (Å²) in [5, 5.41) is 3.04. The molecule has 3 rings (SSSR count). The Labute approximate surface area is 246 Å². The first kappa shape index (κ1) is 31.4. The summed E-state index contributed by atoms with van der Waals surface area (Å²) in [4.78, 5) is 29.3. The van der Waals surface area contributed by atoms with Gasteiger partial charge in [-0.2, -0.15) is 0 Å². The van der Waals surface area contributed by atoms with Crippen LogP contribution in [-0.2, 0) is 39.0 Å². The molecule has 0 bridgehead atoms. The minimum Gasteiger partial charge on any atom is -0.352 e. The van der Waals surface area contributed by atoms with E-state index in [9.17, 15) is 18.0 Å². The third kappa shape index (κ3) is 8.93. The maximum Gasteiger partial charge on any atom is 0.244 e. The van der Waals surface area contributed by atoms with E-state index in [1.165, 1.54) is 4.90 Å². The number of anilines is 1. The monoisotopic (exact) mass is 627 g/mol. The van der Waals surface area contributed by atoms with Crippen molar-refractivity contribution in [2.75, 3.05) is 17.1 Å². The summed E-state index contributed by atoms with van der Waals surface area (Å²) in [6.07, 6.45) is 2.92. The zero-order valence-corrected chi connectivity index (χ0v) is 25.9. The van der Waals surface area contributed by atoms with Crippen LogP contribution in [0, 0.1) is 0 Å². The molecule has 0 radical (unpaired) electrons. The minimum atomic E-state index is -3.79. The number of hydrogen-bond donors (Lipinski definition) is 1. The Kier molecular flexibility index (Phi) is 11.3. The van der Waals surface area contributed by atoms with Crippen LogP contribution in [-0.4, -0.2) is 50.0 Å². The molecule has 2 amide bonds. The Morgan fingerprint density at radius 3 is 2.02 bits per heavy atom. The molecular formula is C31H38BrN3O4S. The number of aryl methyl sites for hydroxylation is 1. The smallest absolute Gasteiger partial charge is 0.244 e. The van der Waals surface area contributed by atoms with Crippen molar-refractivity contribution in [3.63, 3.8) is 0 Å². The van der Waals surface area contributed by atoms with Gasteiger partial charge in [0.2, 0.25) is 21.8 Å². The van der Waals surface area contributed by atoms with E-state index in [0.29, 0.717) is 5.69 Å². The zero-order valence-electron chi connectivity index (χ0n) is 23.5. The van der Waals surface area contributed by atoms with E-state index >= 15 is 0 Å². The molecule has 9 heteroatoms. The van der Waals surface area contributed by atoms with Crippen molar-refractivity contribution in [3.8, 4) is 0 Å². The third-order valence-electron chi connectivity index (χ3n) is 6.85. The number of rotatable bonds is 13. The Bertz CT molecular complexity index is 1360. The summed E-state index contributed by atoms with van der Waals surface area (Å²) in [6, 6.07) is 23.3. The highest BCUT2D eigenvalue weighted by Gasteiger charge is 2.33. The highest BCUT2D eigenvalue weighted by atomic mass is 79.9. The van der Waals surface area contributed by atoms with Crippen molar-refractivity contribution in [1.29, 1.82) is 0 Å². The molecule has 214 valence electrons. The largest absolute Gasteiger partial charge is 0.352 e. The third-order valence-corrected chi connectivity index (χ3v) is 8.52. The molecule has 3 aromatic rings. The van der Waals surface area contributed by atoms with Crippen LogP contribution in [0.1, 0.15) is 43.9 Å². The van der Waals surface area contributed by atoms with E-state index < -0.39 is 28.5 Å². The molecule has 0 saturated carbocycles. The molecule has 3 aromatic carbocycles. The first-order valence-electron chi connectivity index (χ1n) is 13.5.